The highest BCUT2D eigenvalue weighted by atomic mass is 79.9. The van der Waals surface area contributed by atoms with Crippen LogP contribution in [-0.2, 0) is 11.2 Å². The Bertz CT molecular complexity index is 684. The van der Waals surface area contributed by atoms with Crippen molar-refractivity contribution in [3.05, 3.63) is 63.6 Å². The number of anilines is 1. The second-order valence-corrected chi connectivity index (χ2v) is 6.17. The molecule has 0 bridgehead atoms. The smallest absolute Gasteiger partial charge is 0.224 e. The first-order valence-corrected chi connectivity index (χ1v) is 7.87. The summed E-state index contributed by atoms with van der Waals surface area (Å²) >= 11 is 3.55. The summed E-state index contributed by atoms with van der Waals surface area (Å²) < 4.78 is 1.01. The van der Waals surface area contributed by atoms with Crippen LogP contribution in [0.25, 0.3) is 0 Å². The predicted molar refractivity (Wildman–Crippen MR) is 88.2 cm³/mol. The molecule has 1 unspecified atom stereocenters. The highest BCUT2D eigenvalue weighted by molar-refractivity contribution is 9.10. The van der Waals surface area contributed by atoms with E-state index in [1.165, 1.54) is 5.56 Å². The molecule has 1 amide bonds. The highest BCUT2D eigenvalue weighted by Crippen LogP contribution is 2.30. The van der Waals surface area contributed by atoms with Crippen LogP contribution in [0.15, 0.2) is 46.9 Å². The van der Waals surface area contributed by atoms with Crippen LogP contribution in [0, 0.1) is 0 Å². The van der Waals surface area contributed by atoms with Crippen LogP contribution in [0.2, 0.25) is 0 Å². The molecule has 0 radical (unpaired) electrons. The van der Waals surface area contributed by atoms with E-state index in [2.05, 4.69) is 27.3 Å². The molecule has 0 saturated carbocycles. The van der Waals surface area contributed by atoms with Crippen LogP contribution in [0.4, 0.5) is 5.69 Å². The molecule has 1 aliphatic rings. The summed E-state index contributed by atoms with van der Waals surface area (Å²) in [5.41, 5.74) is 10.6. The van der Waals surface area contributed by atoms with E-state index in [4.69, 9.17) is 5.73 Å². The van der Waals surface area contributed by atoms with Gasteiger partial charge < -0.3 is 11.1 Å². The molecular weight excluding hydrogens is 328 g/mol. The predicted octanol–water partition coefficient (Wildman–Crippen LogP) is 3.77. The summed E-state index contributed by atoms with van der Waals surface area (Å²) in [6.45, 7) is 0. The molecule has 0 fully saturated rings. The number of fused-ring (bicyclic) bond motifs is 1. The third kappa shape index (κ3) is 3.01. The molecule has 2 aromatic carbocycles. The van der Waals surface area contributed by atoms with E-state index < -0.39 is 0 Å². The summed E-state index contributed by atoms with van der Waals surface area (Å²) in [4.78, 5) is 11.6. The van der Waals surface area contributed by atoms with Gasteiger partial charge in [-0.2, -0.15) is 0 Å². The van der Waals surface area contributed by atoms with Crippen molar-refractivity contribution in [2.75, 3.05) is 5.32 Å². The first-order valence-electron chi connectivity index (χ1n) is 7.08. The number of hydrogen-bond donors (Lipinski definition) is 2. The van der Waals surface area contributed by atoms with Crippen LogP contribution < -0.4 is 11.1 Å². The number of rotatable bonds is 2. The molecule has 0 saturated heterocycles. The second-order valence-electron chi connectivity index (χ2n) is 5.32. The van der Waals surface area contributed by atoms with Crippen molar-refractivity contribution >= 4 is 27.5 Å². The number of halogens is 1. The molecule has 108 valence electrons. The van der Waals surface area contributed by atoms with Gasteiger partial charge in [-0.05, 0) is 41.7 Å². The van der Waals surface area contributed by atoms with Gasteiger partial charge in [0.15, 0.2) is 0 Å². The van der Waals surface area contributed by atoms with Crippen molar-refractivity contribution in [2.24, 2.45) is 5.73 Å². The van der Waals surface area contributed by atoms with Gasteiger partial charge in [-0.1, -0.05) is 46.3 Å². The quantitative estimate of drug-likeness (QED) is 0.871. The van der Waals surface area contributed by atoms with E-state index in [0.717, 1.165) is 34.1 Å². The van der Waals surface area contributed by atoms with Crippen molar-refractivity contribution in [2.45, 2.75) is 25.3 Å². The van der Waals surface area contributed by atoms with Crippen molar-refractivity contribution in [3.8, 4) is 0 Å². The minimum atomic E-state index is -0.176. The zero-order valence-electron chi connectivity index (χ0n) is 11.6. The van der Waals surface area contributed by atoms with E-state index in [0.29, 0.717) is 6.42 Å². The standard InChI is InChI=1S/C17H17BrN2O/c18-14-6-2-1-5-13(14)17(19)12-8-9-15-11(10-12)4-3-7-16(21)20-15/h1-2,5-6,8-10,17H,3-4,7,19H2,(H,20,21). The fourth-order valence-corrected chi connectivity index (χ4v) is 3.23. The largest absolute Gasteiger partial charge is 0.326 e. The minimum absolute atomic E-state index is 0.0941. The SMILES string of the molecule is NC(c1ccc2c(c1)CCCC(=O)N2)c1ccccc1Br. The lowest BCUT2D eigenvalue weighted by molar-refractivity contribution is -0.116. The molecule has 3 rings (SSSR count). The Morgan fingerprint density at radius 2 is 1.95 bits per heavy atom. The summed E-state index contributed by atoms with van der Waals surface area (Å²) in [7, 11) is 0. The second kappa shape index (κ2) is 6.00. The Kier molecular flexibility index (Phi) is 4.08. The minimum Gasteiger partial charge on any atom is -0.326 e. The fraction of sp³-hybridized carbons (Fsp3) is 0.235. The highest BCUT2D eigenvalue weighted by Gasteiger charge is 2.16. The van der Waals surface area contributed by atoms with Crippen LogP contribution in [0.1, 0.15) is 35.6 Å². The van der Waals surface area contributed by atoms with E-state index in [-0.39, 0.29) is 11.9 Å². The molecule has 21 heavy (non-hydrogen) atoms. The number of aryl methyl sites for hydroxylation is 1. The molecule has 2 aromatic rings. The lowest BCUT2D eigenvalue weighted by atomic mass is 9.96. The lowest BCUT2D eigenvalue weighted by Crippen LogP contribution is -2.13. The number of hydrogen-bond acceptors (Lipinski definition) is 2. The molecule has 1 atom stereocenters. The van der Waals surface area contributed by atoms with Crippen LogP contribution >= 0.6 is 15.9 Å². The van der Waals surface area contributed by atoms with Crippen LogP contribution in [-0.4, -0.2) is 5.91 Å². The van der Waals surface area contributed by atoms with Gasteiger partial charge in [0.05, 0.1) is 6.04 Å². The van der Waals surface area contributed by atoms with Gasteiger partial charge in [-0.25, -0.2) is 0 Å². The van der Waals surface area contributed by atoms with Crippen molar-refractivity contribution in [3.63, 3.8) is 0 Å². The maximum atomic E-state index is 11.6. The Hall–Kier alpha value is -1.65. The first kappa shape index (κ1) is 14.3. The van der Waals surface area contributed by atoms with E-state index in [1.807, 2.05) is 36.4 Å². The third-order valence-electron chi connectivity index (χ3n) is 3.85. The average Bonchev–Trinajstić information content (AvgIpc) is 2.67. The number of carbonyl (C=O) groups is 1. The van der Waals surface area contributed by atoms with Crippen molar-refractivity contribution in [1.82, 2.24) is 0 Å². The molecule has 0 aromatic heterocycles. The summed E-state index contributed by atoms with van der Waals surface area (Å²) in [5, 5.41) is 2.95. The molecular formula is C17H17BrN2O. The van der Waals surface area contributed by atoms with Gasteiger partial charge in [0.2, 0.25) is 5.91 Å². The molecule has 4 heteroatoms. The Balaban J connectivity index is 1.95. The zero-order valence-corrected chi connectivity index (χ0v) is 13.2. The fourth-order valence-electron chi connectivity index (χ4n) is 2.69. The van der Waals surface area contributed by atoms with E-state index in [1.54, 1.807) is 0 Å². The van der Waals surface area contributed by atoms with Gasteiger partial charge in [0, 0.05) is 16.6 Å². The van der Waals surface area contributed by atoms with Gasteiger partial charge in [-0.15, -0.1) is 0 Å². The van der Waals surface area contributed by atoms with Gasteiger partial charge in [0.25, 0.3) is 0 Å². The topological polar surface area (TPSA) is 55.1 Å². The number of nitrogens with one attached hydrogen (secondary N) is 1. The Labute approximate surface area is 132 Å². The summed E-state index contributed by atoms with van der Waals surface area (Å²) in [5.74, 6) is 0.0941. The van der Waals surface area contributed by atoms with Gasteiger partial charge in [0.1, 0.15) is 0 Å². The van der Waals surface area contributed by atoms with E-state index >= 15 is 0 Å². The summed E-state index contributed by atoms with van der Waals surface area (Å²) in [6, 6.07) is 13.9. The van der Waals surface area contributed by atoms with Gasteiger partial charge >= 0.3 is 0 Å². The summed E-state index contributed by atoms with van der Waals surface area (Å²) in [6.07, 6.45) is 2.37. The van der Waals surface area contributed by atoms with Crippen molar-refractivity contribution in [1.29, 1.82) is 0 Å². The van der Waals surface area contributed by atoms with Crippen LogP contribution in [0.3, 0.4) is 0 Å². The number of nitrogens with two attached hydrogens (primary N) is 1. The molecule has 1 aliphatic heterocycles. The number of benzene rings is 2. The van der Waals surface area contributed by atoms with Crippen molar-refractivity contribution < 1.29 is 4.79 Å². The van der Waals surface area contributed by atoms with Gasteiger partial charge in [-0.3, -0.25) is 4.79 Å². The maximum Gasteiger partial charge on any atom is 0.224 e. The molecule has 3 nitrogen and oxygen atoms in total. The molecule has 0 aliphatic carbocycles. The first-order chi connectivity index (χ1) is 10.1. The molecule has 3 N–H and O–H groups in total. The normalized spacial score (nSPS) is 15.8. The lowest BCUT2D eigenvalue weighted by Gasteiger charge is -2.16. The monoisotopic (exact) mass is 344 g/mol. The zero-order chi connectivity index (χ0) is 14.8. The average molecular weight is 345 g/mol. The van der Waals surface area contributed by atoms with E-state index in [9.17, 15) is 4.79 Å². The Morgan fingerprint density at radius 3 is 2.76 bits per heavy atom. The maximum absolute atomic E-state index is 11.6. The van der Waals surface area contributed by atoms with Crippen LogP contribution in [0.5, 0.6) is 0 Å². The number of amides is 1. The Morgan fingerprint density at radius 1 is 1.14 bits per heavy atom. The third-order valence-corrected chi connectivity index (χ3v) is 4.57. The number of carbonyl (C=O) groups excluding carboxylic acids is 1. The molecule has 0 spiro atoms. The molecule has 1 heterocycles.